The fourth-order valence-corrected chi connectivity index (χ4v) is 1.60. The van der Waals surface area contributed by atoms with Crippen LogP contribution in [0.1, 0.15) is 6.92 Å². The molecule has 16 heavy (non-hydrogen) atoms. The molecule has 0 aliphatic heterocycles. The normalized spacial score (nSPS) is 10.1. The van der Waals surface area contributed by atoms with E-state index < -0.39 is 0 Å². The molecule has 0 unspecified atom stereocenters. The van der Waals surface area contributed by atoms with Crippen molar-refractivity contribution in [3.8, 4) is 0 Å². The van der Waals surface area contributed by atoms with E-state index in [1.165, 1.54) is 5.39 Å². The van der Waals surface area contributed by atoms with E-state index in [-0.39, 0.29) is 6.03 Å². The Morgan fingerprint density at radius 3 is 2.62 bits per heavy atom. The first-order valence-corrected chi connectivity index (χ1v) is 5.33. The molecule has 0 saturated carbocycles. The van der Waals surface area contributed by atoms with E-state index in [1.54, 1.807) is 0 Å². The van der Waals surface area contributed by atoms with Gasteiger partial charge in [-0.1, -0.05) is 30.3 Å². The maximum Gasteiger partial charge on any atom is 0.319 e. The van der Waals surface area contributed by atoms with Crippen molar-refractivity contribution in [1.82, 2.24) is 5.32 Å². The highest BCUT2D eigenvalue weighted by molar-refractivity contribution is 5.93. The van der Waals surface area contributed by atoms with Crippen LogP contribution in [0, 0.1) is 0 Å². The van der Waals surface area contributed by atoms with E-state index in [1.807, 2.05) is 49.4 Å². The molecule has 0 aromatic heterocycles. The molecule has 2 amide bonds. The summed E-state index contributed by atoms with van der Waals surface area (Å²) in [5.74, 6) is 0. The van der Waals surface area contributed by atoms with E-state index in [0.717, 1.165) is 11.1 Å². The number of fused-ring (bicyclic) bond motifs is 1. The third-order valence-corrected chi connectivity index (χ3v) is 2.34. The van der Waals surface area contributed by atoms with Gasteiger partial charge in [0.2, 0.25) is 0 Å². The van der Waals surface area contributed by atoms with Crippen LogP contribution in [0.2, 0.25) is 0 Å². The minimum absolute atomic E-state index is 0.169. The van der Waals surface area contributed by atoms with Crippen LogP contribution in [0.3, 0.4) is 0 Å². The second-order valence-electron chi connectivity index (χ2n) is 3.55. The standard InChI is InChI=1S/C13H14N2O/c1-2-14-13(16)15-12-8-7-10-5-3-4-6-11(10)9-12/h3-9H,2H2,1H3,(H2,14,15,16). The largest absolute Gasteiger partial charge is 0.338 e. The second-order valence-corrected chi connectivity index (χ2v) is 3.55. The average Bonchev–Trinajstić information content (AvgIpc) is 2.29. The molecule has 82 valence electrons. The zero-order valence-electron chi connectivity index (χ0n) is 9.16. The summed E-state index contributed by atoms with van der Waals surface area (Å²) >= 11 is 0. The maximum atomic E-state index is 11.3. The van der Waals surface area contributed by atoms with Gasteiger partial charge in [0.25, 0.3) is 0 Å². The Morgan fingerprint density at radius 2 is 1.88 bits per heavy atom. The lowest BCUT2D eigenvalue weighted by molar-refractivity contribution is 0.252. The first kappa shape index (κ1) is 10.5. The number of nitrogens with one attached hydrogen (secondary N) is 2. The van der Waals surface area contributed by atoms with Crippen molar-refractivity contribution in [1.29, 1.82) is 0 Å². The molecular formula is C13H14N2O. The molecule has 0 spiro atoms. The lowest BCUT2D eigenvalue weighted by Crippen LogP contribution is -2.28. The third-order valence-electron chi connectivity index (χ3n) is 2.34. The molecule has 0 aliphatic carbocycles. The Labute approximate surface area is 94.5 Å². The van der Waals surface area contributed by atoms with E-state index in [4.69, 9.17) is 0 Å². The average molecular weight is 214 g/mol. The highest BCUT2D eigenvalue weighted by atomic mass is 16.2. The van der Waals surface area contributed by atoms with Gasteiger partial charge < -0.3 is 10.6 Å². The number of hydrogen-bond donors (Lipinski definition) is 2. The van der Waals surface area contributed by atoms with Crippen LogP contribution in [-0.4, -0.2) is 12.6 Å². The fraction of sp³-hybridized carbons (Fsp3) is 0.154. The Bertz CT molecular complexity index is 508. The van der Waals surface area contributed by atoms with Gasteiger partial charge in [-0.25, -0.2) is 4.79 Å². The molecule has 2 N–H and O–H groups in total. The summed E-state index contributed by atoms with van der Waals surface area (Å²) in [6.07, 6.45) is 0. The van der Waals surface area contributed by atoms with Crippen LogP contribution in [0.4, 0.5) is 10.5 Å². The second kappa shape index (κ2) is 4.66. The lowest BCUT2D eigenvalue weighted by atomic mass is 10.1. The van der Waals surface area contributed by atoms with Gasteiger partial charge in [-0.3, -0.25) is 0 Å². The lowest BCUT2D eigenvalue weighted by Gasteiger charge is -2.06. The van der Waals surface area contributed by atoms with Crippen molar-refractivity contribution in [3.63, 3.8) is 0 Å². The number of amides is 2. The number of carbonyl (C=O) groups is 1. The van der Waals surface area contributed by atoms with Crippen LogP contribution >= 0.6 is 0 Å². The summed E-state index contributed by atoms with van der Waals surface area (Å²) in [6.45, 7) is 2.51. The first-order chi connectivity index (χ1) is 7.79. The van der Waals surface area contributed by atoms with Crippen molar-refractivity contribution in [2.24, 2.45) is 0 Å². The fourth-order valence-electron chi connectivity index (χ4n) is 1.60. The molecule has 2 rings (SSSR count). The zero-order chi connectivity index (χ0) is 11.4. The topological polar surface area (TPSA) is 41.1 Å². The van der Waals surface area contributed by atoms with Gasteiger partial charge in [0.1, 0.15) is 0 Å². The number of carbonyl (C=O) groups excluding carboxylic acids is 1. The summed E-state index contributed by atoms with van der Waals surface area (Å²) in [5.41, 5.74) is 0.810. The van der Waals surface area contributed by atoms with E-state index in [9.17, 15) is 4.79 Å². The SMILES string of the molecule is CCNC(=O)Nc1ccc2ccccc2c1. The first-order valence-electron chi connectivity index (χ1n) is 5.33. The van der Waals surface area contributed by atoms with Crippen LogP contribution in [0.15, 0.2) is 42.5 Å². The van der Waals surface area contributed by atoms with Crippen molar-refractivity contribution in [2.75, 3.05) is 11.9 Å². The van der Waals surface area contributed by atoms with Gasteiger partial charge in [0.15, 0.2) is 0 Å². The van der Waals surface area contributed by atoms with Crippen LogP contribution in [0.25, 0.3) is 10.8 Å². The smallest absolute Gasteiger partial charge is 0.319 e. The van der Waals surface area contributed by atoms with Gasteiger partial charge in [-0.05, 0) is 29.8 Å². The predicted molar refractivity (Wildman–Crippen MR) is 66.6 cm³/mol. The molecule has 2 aromatic rings. The Kier molecular flexibility index (Phi) is 3.05. The summed E-state index contributed by atoms with van der Waals surface area (Å²) in [5, 5.41) is 7.77. The van der Waals surface area contributed by atoms with Gasteiger partial charge in [0.05, 0.1) is 0 Å². The van der Waals surface area contributed by atoms with Crippen molar-refractivity contribution in [3.05, 3.63) is 42.5 Å². The van der Waals surface area contributed by atoms with Crippen molar-refractivity contribution >= 4 is 22.5 Å². The molecule has 0 atom stereocenters. The molecular weight excluding hydrogens is 200 g/mol. The van der Waals surface area contributed by atoms with Crippen LogP contribution in [-0.2, 0) is 0 Å². The van der Waals surface area contributed by atoms with Crippen molar-refractivity contribution in [2.45, 2.75) is 6.92 Å². The molecule has 2 aromatic carbocycles. The predicted octanol–water partition coefficient (Wildman–Crippen LogP) is 2.98. The van der Waals surface area contributed by atoms with Gasteiger partial charge in [0, 0.05) is 12.2 Å². The molecule has 0 radical (unpaired) electrons. The Morgan fingerprint density at radius 1 is 1.12 bits per heavy atom. The molecule has 0 saturated heterocycles. The molecule has 3 heteroatoms. The minimum atomic E-state index is -0.169. The molecule has 0 fully saturated rings. The maximum absolute atomic E-state index is 11.3. The van der Waals surface area contributed by atoms with E-state index in [0.29, 0.717) is 6.54 Å². The Hall–Kier alpha value is -2.03. The van der Waals surface area contributed by atoms with Crippen LogP contribution in [0.5, 0.6) is 0 Å². The number of hydrogen-bond acceptors (Lipinski definition) is 1. The summed E-state index contributed by atoms with van der Waals surface area (Å²) in [7, 11) is 0. The summed E-state index contributed by atoms with van der Waals surface area (Å²) < 4.78 is 0. The molecule has 0 bridgehead atoms. The number of rotatable bonds is 2. The van der Waals surface area contributed by atoms with E-state index >= 15 is 0 Å². The zero-order valence-corrected chi connectivity index (χ0v) is 9.16. The number of anilines is 1. The quantitative estimate of drug-likeness (QED) is 0.792. The van der Waals surface area contributed by atoms with Gasteiger partial charge >= 0.3 is 6.03 Å². The van der Waals surface area contributed by atoms with E-state index in [2.05, 4.69) is 10.6 Å². The molecule has 3 nitrogen and oxygen atoms in total. The van der Waals surface area contributed by atoms with Gasteiger partial charge in [-0.15, -0.1) is 0 Å². The summed E-state index contributed by atoms with van der Waals surface area (Å²) in [6, 6.07) is 13.7. The molecule has 0 aliphatic rings. The number of urea groups is 1. The van der Waals surface area contributed by atoms with Gasteiger partial charge in [-0.2, -0.15) is 0 Å². The van der Waals surface area contributed by atoms with Crippen molar-refractivity contribution < 1.29 is 4.79 Å². The highest BCUT2D eigenvalue weighted by Gasteiger charge is 2.00. The molecule has 0 heterocycles. The number of benzene rings is 2. The van der Waals surface area contributed by atoms with Crippen LogP contribution < -0.4 is 10.6 Å². The highest BCUT2D eigenvalue weighted by Crippen LogP contribution is 2.18. The monoisotopic (exact) mass is 214 g/mol. The summed E-state index contributed by atoms with van der Waals surface area (Å²) in [4.78, 5) is 11.3. The third kappa shape index (κ3) is 2.31. The Balaban J connectivity index is 2.22. The minimum Gasteiger partial charge on any atom is -0.338 e.